The van der Waals surface area contributed by atoms with Crippen molar-refractivity contribution >= 4 is 34.5 Å². The molecule has 1 aliphatic heterocycles. The molecule has 1 fully saturated rings. The van der Waals surface area contributed by atoms with Gasteiger partial charge < -0.3 is 16.0 Å². The highest BCUT2D eigenvalue weighted by molar-refractivity contribution is 7.09. The van der Waals surface area contributed by atoms with Crippen molar-refractivity contribution < 1.29 is 9.59 Å². The van der Waals surface area contributed by atoms with Crippen molar-refractivity contribution in [1.82, 2.24) is 4.98 Å². The van der Waals surface area contributed by atoms with E-state index in [2.05, 4.69) is 27.3 Å². The van der Waals surface area contributed by atoms with Crippen LogP contribution in [0.25, 0.3) is 0 Å². The summed E-state index contributed by atoms with van der Waals surface area (Å²) in [4.78, 5) is 31.0. The molecule has 6 nitrogen and oxygen atoms in total. The number of piperidine rings is 1. The third-order valence-electron chi connectivity index (χ3n) is 5.56. The molecule has 0 spiro atoms. The average Bonchev–Trinajstić information content (AvgIpc) is 3.21. The summed E-state index contributed by atoms with van der Waals surface area (Å²) in [5, 5.41) is 6.00. The minimum absolute atomic E-state index is 0.0623. The Morgan fingerprint density at radius 2 is 1.77 bits per heavy atom. The Balaban J connectivity index is 1.37. The zero-order valence-electron chi connectivity index (χ0n) is 17.3. The summed E-state index contributed by atoms with van der Waals surface area (Å²) in [7, 11) is 0. The monoisotopic (exact) mass is 434 g/mol. The van der Waals surface area contributed by atoms with Gasteiger partial charge in [0.1, 0.15) is 0 Å². The van der Waals surface area contributed by atoms with E-state index in [1.165, 1.54) is 5.56 Å². The Kier molecular flexibility index (Phi) is 6.62. The van der Waals surface area contributed by atoms with E-state index in [0.29, 0.717) is 0 Å². The quantitative estimate of drug-likeness (QED) is 0.595. The molecule has 0 radical (unpaired) electrons. The first kappa shape index (κ1) is 21.1. The van der Waals surface area contributed by atoms with Crippen LogP contribution in [0.1, 0.15) is 29.1 Å². The van der Waals surface area contributed by atoms with Crippen molar-refractivity contribution in [1.29, 1.82) is 0 Å². The lowest BCUT2D eigenvalue weighted by Gasteiger charge is -2.33. The van der Waals surface area contributed by atoms with Crippen LogP contribution in [0, 0.1) is 5.92 Å². The molecule has 0 bridgehead atoms. The smallest absolute Gasteiger partial charge is 0.230 e. The first-order valence-corrected chi connectivity index (χ1v) is 11.4. The standard InChI is InChI=1S/C24H26N4O2S/c25-24(30)18-10-12-28(13-11-18)21-9-5-4-8-20(21)27-22(29)15-19-16-31-23(26-19)14-17-6-2-1-3-7-17/h1-9,16,18H,10-15H2,(H2,25,30)(H,27,29). The number of aromatic nitrogens is 1. The maximum Gasteiger partial charge on any atom is 0.230 e. The normalized spacial score (nSPS) is 14.4. The molecule has 3 aromatic rings. The van der Waals surface area contributed by atoms with Gasteiger partial charge in [-0.3, -0.25) is 9.59 Å². The van der Waals surface area contributed by atoms with E-state index in [-0.39, 0.29) is 24.2 Å². The average molecular weight is 435 g/mol. The van der Waals surface area contributed by atoms with Crippen LogP contribution in [0.2, 0.25) is 0 Å². The van der Waals surface area contributed by atoms with Gasteiger partial charge in [0, 0.05) is 30.8 Å². The zero-order valence-corrected chi connectivity index (χ0v) is 18.1. The maximum atomic E-state index is 12.7. The van der Waals surface area contributed by atoms with Crippen molar-refractivity contribution in [2.45, 2.75) is 25.7 Å². The summed E-state index contributed by atoms with van der Waals surface area (Å²) in [6, 6.07) is 18.0. The second-order valence-electron chi connectivity index (χ2n) is 7.80. The van der Waals surface area contributed by atoms with Gasteiger partial charge >= 0.3 is 0 Å². The van der Waals surface area contributed by atoms with Gasteiger partial charge in [0.05, 0.1) is 28.5 Å². The molecule has 2 amide bonds. The Hall–Kier alpha value is -3.19. The van der Waals surface area contributed by atoms with E-state index >= 15 is 0 Å². The van der Waals surface area contributed by atoms with E-state index in [1.54, 1.807) is 11.3 Å². The number of carbonyl (C=O) groups excluding carboxylic acids is 2. The van der Waals surface area contributed by atoms with Crippen LogP contribution in [0.15, 0.2) is 60.0 Å². The molecule has 2 aromatic carbocycles. The van der Waals surface area contributed by atoms with Crippen LogP contribution in [-0.4, -0.2) is 29.9 Å². The fourth-order valence-corrected chi connectivity index (χ4v) is 4.73. The predicted octanol–water partition coefficient (Wildman–Crippen LogP) is 3.62. The topological polar surface area (TPSA) is 88.3 Å². The largest absolute Gasteiger partial charge is 0.370 e. The van der Waals surface area contributed by atoms with Crippen LogP contribution in [0.4, 0.5) is 11.4 Å². The number of amides is 2. The fraction of sp³-hybridized carbons (Fsp3) is 0.292. The maximum absolute atomic E-state index is 12.7. The lowest BCUT2D eigenvalue weighted by atomic mass is 9.96. The lowest BCUT2D eigenvalue weighted by Crippen LogP contribution is -2.38. The molecule has 1 saturated heterocycles. The number of nitrogens with two attached hydrogens (primary N) is 1. The number of benzene rings is 2. The third kappa shape index (κ3) is 5.49. The third-order valence-corrected chi connectivity index (χ3v) is 6.45. The lowest BCUT2D eigenvalue weighted by molar-refractivity contribution is -0.122. The van der Waals surface area contributed by atoms with Crippen molar-refractivity contribution in [3.05, 3.63) is 76.2 Å². The Labute approximate surface area is 186 Å². The molecule has 7 heteroatoms. The second kappa shape index (κ2) is 9.75. The molecule has 31 heavy (non-hydrogen) atoms. The second-order valence-corrected chi connectivity index (χ2v) is 8.74. The molecule has 0 aliphatic carbocycles. The van der Waals surface area contributed by atoms with E-state index in [1.807, 2.05) is 47.8 Å². The van der Waals surface area contributed by atoms with E-state index in [0.717, 1.165) is 54.4 Å². The van der Waals surface area contributed by atoms with Crippen molar-refractivity contribution in [3.63, 3.8) is 0 Å². The van der Waals surface area contributed by atoms with Gasteiger partial charge in [-0.2, -0.15) is 0 Å². The van der Waals surface area contributed by atoms with Gasteiger partial charge in [0.2, 0.25) is 11.8 Å². The highest BCUT2D eigenvalue weighted by atomic mass is 32.1. The Bertz CT molecular complexity index is 1040. The molecular weight excluding hydrogens is 408 g/mol. The fourth-order valence-electron chi connectivity index (χ4n) is 3.90. The number of thiazole rings is 1. The van der Waals surface area contributed by atoms with Gasteiger partial charge in [0.15, 0.2) is 0 Å². The first-order valence-electron chi connectivity index (χ1n) is 10.5. The summed E-state index contributed by atoms with van der Waals surface area (Å²) in [6.45, 7) is 1.49. The molecule has 1 aliphatic rings. The molecule has 4 rings (SSSR count). The minimum atomic E-state index is -0.226. The molecule has 0 atom stereocenters. The number of hydrogen-bond donors (Lipinski definition) is 2. The van der Waals surface area contributed by atoms with Crippen LogP contribution in [0.3, 0.4) is 0 Å². The summed E-state index contributed by atoms with van der Waals surface area (Å²) >= 11 is 1.58. The Morgan fingerprint density at radius 3 is 2.52 bits per heavy atom. The molecule has 0 saturated carbocycles. The number of primary amides is 1. The molecule has 3 N–H and O–H groups in total. The zero-order chi connectivity index (χ0) is 21.6. The van der Waals surface area contributed by atoms with Gasteiger partial charge in [-0.1, -0.05) is 42.5 Å². The molecule has 2 heterocycles. The number of nitrogens with zero attached hydrogens (tertiary/aromatic N) is 2. The molecule has 160 valence electrons. The number of nitrogens with one attached hydrogen (secondary N) is 1. The van der Waals surface area contributed by atoms with E-state index in [4.69, 9.17) is 5.73 Å². The minimum Gasteiger partial charge on any atom is -0.370 e. The molecular formula is C24H26N4O2S. The summed E-state index contributed by atoms with van der Waals surface area (Å²) < 4.78 is 0. The van der Waals surface area contributed by atoms with Crippen molar-refractivity contribution in [3.8, 4) is 0 Å². The summed E-state index contributed by atoms with van der Waals surface area (Å²) in [5.41, 5.74) is 9.20. The first-order chi connectivity index (χ1) is 15.1. The van der Waals surface area contributed by atoms with Crippen LogP contribution >= 0.6 is 11.3 Å². The van der Waals surface area contributed by atoms with Gasteiger partial charge in [-0.25, -0.2) is 4.98 Å². The number of anilines is 2. The van der Waals surface area contributed by atoms with E-state index < -0.39 is 0 Å². The van der Waals surface area contributed by atoms with Gasteiger partial charge in [-0.05, 0) is 30.5 Å². The summed E-state index contributed by atoms with van der Waals surface area (Å²) in [5.74, 6) is -0.375. The summed E-state index contributed by atoms with van der Waals surface area (Å²) in [6.07, 6.45) is 2.49. The highest BCUT2D eigenvalue weighted by Gasteiger charge is 2.24. The molecule has 1 aromatic heterocycles. The number of carbonyl (C=O) groups is 2. The number of para-hydroxylation sites is 2. The van der Waals surface area contributed by atoms with Crippen LogP contribution < -0.4 is 16.0 Å². The highest BCUT2D eigenvalue weighted by Crippen LogP contribution is 2.30. The van der Waals surface area contributed by atoms with Crippen LogP contribution in [-0.2, 0) is 22.4 Å². The Morgan fingerprint density at radius 1 is 1.06 bits per heavy atom. The van der Waals surface area contributed by atoms with Crippen LogP contribution in [0.5, 0.6) is 0 Å². The SMILES string of the molecule is NC(=O)C1CCN(c2ccccc2NC(=O)Cc2csc(Cc3ccccc3)n2)CC1. The predicted molar refractivity (Wildman–Crippen MR) is 124 cm³/mol. The van der Waals surface area contributed by atoms with E-state index in [9.17, 15) is 9.59 Å². The number of rotatable bonds is 7. The van der Waals surface area contributed by atoms with Gasteiger partial charge in [0.25, 0.3) is 0 Å². The van der Waals surface area contributed by atoms with Gasteiger partial charge in [-0.15, -0.1) is 11.3 Å². The number of hydrogen-bond acceptors (Lipinski definition) is 5. The van der Waals surface area contributed by atoms with Crippen molar-refractivity contribution in [2.24, 2.45) is 11.7 Å². The van der Waals surface area contributed by atoms with Crippen molar-refractivity contribution in [2.75, 3.05) is 23.3 Å². The molecule has 0 unspecified atom stereocenters.